The van der Waals surface area contributed by atoms with Gasteiger partial charge in [0.1, 0.15) is 0 Å². The average Bonchev–Trinajstić information content (AvgIpc) is 3.01. The van der Waals surface area contributed by atoms with Crippen LogP contribution >= 0.6 is 0 Å². The second-order valence-corrected chi connectivity index (χ2v) is 10.6. The Labute approximate surface area is 240 Å². The molecule has 2 N–H and O–H groups in total. The van der Waals surface area contributed by atoms with Crippen LogP contribution in [0.5, 0.6) is 0 Å². The molecule has 0 fully saturated rings. The van der Waals surface area contributed by atoms with E-state index in [1.54, 1.807) is 12.1 Å². The maximum absolute atomic E-state index is 13.8. The van der Waals surface area contributed by atoms with Gasteiger partial charge in [0.25, 0.3) is 0 Å². The molecule has 0 aliphatic carbocycles. The average molecular weight is 541 g/mol. The normalized spacial score (nSPS) is 14.4. The van der Waals surface area contributed by atoms with Gasteiger partial charge in [0.2, 0.25) is 0 Å². The van der Waals surface area contributed by atoms with E-state index in [-0.39, 0.29) is 17.6 Å². The molecule has 41 heavy (non-hydrogen) atoms. The highest BCUT2D eigenvalue weighted by molar-refractivity contribution is 5.97. The van der Waals surface area contributed by atoms with Crippen LogP contribution in [0.2, 0.25) is 0 Å². The summed E-state index contributed by atoms with van der Waals surface area (Å²) in [5.74, 6) is -0.956. The summed E-state index contributed by atoms with van der Waals surface area (Å²) in [6.45, 7) is 0.520. The van der Waals surface area contributed by atoms with E-state index in [0.29, 0.717) is 13.0 Å². The van der Waals surface area contributed by atoms with Gasteiger partial charge in [-0.25, -0.2) is 9.59 Å². The summed E-state index contributed by atoms with van der Waals surface area (Å²) < 4.78 is 0. The Morgan fingerprint density at radius 2 is 1.56 bits per heavy atom. The molecule has 0 aromatic heterocycles. The predicted molar refractivity (Wildman–Crippen MR) is 165 cm³/mol. The first kappa shape index (κ1) is 26.3. The van der Waals surface area contributed by atoms with Gasteiger partial charge in [0.05, 0.1) is 5.56 Å². The van der Waals surface area contributed by atoms with Crippen molar-refractivity contribution in [3.8, 4) is 11.1 Å². The van der Waals surface area contributed by atoms with E-state index in [9.17, 15) is 14.7 Å². The zero-order valence-electron chi connectivity index (χ0n) is 22.8. The molecule has 6 rings (SSSR count). The van der Waals surface area contributed by atoms with Crippen molar-refractivity contribution in [2.75, 3.05) is 11.4 Å². The molecule has 0 radical (unpaired) electrons. The first-order valence-corrected chi connectivity index (χ1v) is 14.1. The van der Waals surface area contributed by atoms with Crippen LogP contribution in [0.3, 0.4) is 0 Å². The molecule has 0 saturated heterocycles. The number of nitrogens with one attached hydrogen (secondary N) is 1. The lowest BCUT2D eigenvalue weighted by atomic mass is 9.87. The number of carbonyl (C=O) groups is 2. The van der Waals surface area contributed by atoms with E-state index in [4.69, 9.17) is 0 Å². The highest BCUT2D eigenvalue weighted by Gasteiger charge is 2.32. The molecule has 5 aromatic rings. The number of carboxylic acids is 1. The number of aryl methyl sites for hydroxylation is 1. The van der Waals surface area contributed by atoms with Crippen molar-refractivity contribution in [1.82, 2.24) is 5.32 Å². The van der Waals surface area contributed by atoms with Crippen LogP contribution in [0.15, 0.2) is 115 Å². The minimum Gasteiger partial charge on any atom is -0.478 e. The number of urea groups is 1. The molecule has 0 bridgehead atoms. The Bertz CT molecular complexity index is 1710. The fourth-order valence-electron chi connectivity index (χ4n) is 6.01. The van der Waals surface area contributed by atoms with E-state index in [2.05, 4.69) is 41.7 Å². The molecule has 1 heterocycles. The number of amides is 2. The van der Waals surface area contributed by atoms with Crippen molar-refractivity contribution in [3.05, 3.63) is 138 Å². The summed E-state index contributed by atoms with van der Waals surface area (Å²) in [4.78, 5) is 27.9. The number of aromatic carboxylic acids is 1. The second-order valence-electron chi connectivity index (χ2n) is 10.6. The van der Waals surface area contributed by atoms with Crippen molar-refractivity contribution in [1.29, 1.82) is 0 Å². The summed E-state index contributed by atoms with van der Waals surface area (Å²) in [5.41, 5.74) is 6.03. The van der Waals surface area contributed by atoms with Crippen molar-refractivity contribution >= 4 is 28.5 Å². The number of fused-ring (bicyclic) bond motifs is 2. The minimum absolute atomic E-state index is 0.114. The molecule has 1 aliphatic heterocycles. The first-order valence-electron chi connectivity index (χ1n) is 14.1. The quantitative estimate of drug-likeness (QED) is 0.224. The van der Waals surface area contributed by atoms with Crippen LogP contribution in [0.1, 0.15) is 33.5 Å². The number of hydrogen-bond donors (Lipinski definition) is 2. The maximum Gasteiger partial charge on any atom is 0.336 e. The topological polar surface area (TPSA) is 69.6 Å². The van der Waals surface area contributed by atoms with Crippen LogP contribution in [0, 0.1) is 0 Å². The summed E-state index contributed by atoms with van der Waals surface area (Å²) in [6.07, 6.45) is 2.94. The molecule has 204 valence electrons. The first-order chi connectivity index (χ1) is 20.1. The third kappa shape index (κ3) is 5.57. The van der Waals surface area contributed by atoms with Gasteiger partial charge in [-0.3, -0.25) is 4.90 Å². The van der Waals surface area contributed by atoms with Crippen molar-refractivity contribution in [3.63, 3.8) is 0 Å². The monoisotopic (exact) mass is 540 g/mol. The third-order valence-electron chi connectivity index (χ3n) is 7.98. The predicted octanol–water partition coefficient (Wildman–Crippen LogP) is 7.52. The van der Waals surface area contributed by atoms with Crippen molar-refractivity contribution < 1.29 is 14.7 Å². The molecule has 5 nitrogen and oxygen atoms in total. The summed E-state index contributed by atoms with van der Waals surface area (Å²) in [7, 11) is 0. The van der Waals surface area contributed by atoms with Crippen LogP contribution in [0.25, 0.3) is 21.9 Å². The summed E-state index contributed by atoms with van der Waals surface area (Å²) >= 11 is 0. The van der Waals surface area contributed by atoms with Crippen LogP contribution < -0.4 is 10.2 Å². The Balaban J connectivity index is 1.27. The number of rotatable bonds is 7. The zero-order valence-corrected chi connectivity index (χ0v) is 22.8. The number of para-hydroxylation sites is 1. The molecule has 1 atom stereocenters. The number of benzene rings is 5. The largest absolute Gasteiger partial charge is 0.478 e. The van der Waals surface area contributed by atoms with Gasteiger partial charge in [-0.2, -0.15) is 0 Å². The number of anilines is 1. The molecule has 0 saturated carbocycles. The van der Waals surface area contributed by atoms with E-state index in [1.807, 2.05) is 71.6 Å². The van der Waals surface area contributed by atoms with Gasteiger partial charge in [-0.05, 0) is 76.4 Å². The van der Waals surface area contributed by atoms with Crippen LogP contribution in [-0.2, 0) is 19.3 Å². The van der Waals surface area contributed by atoms with Gasteiger partial charge in [-0.15, -0.1) is 0 Å². The zero-order chi connectivity index (χ0) is 28.2. The fraction of sp³-hybridized carbons (Fsp3) is 0.167. The smallest absolute Gasteiger partial charge is 0.336 e. The standard InChI is InChI=1S/C36H32N2O3/c39-35(40)32-15-8-14-30(34(32)28-11-2-1-3-12-28)24-31-20-19-27-10-6-7-16-33(27)38(31)36(41)37-22-21-25-17-18-26-9-4-5-13-29(26)23-25/h1-18,23,31H,19-22,24H2,(H,37,41)(H,39,40). The Morgan fingerprint density at radius 1 is 0.805 bits per heavy atom. The van der Waals surface area contributed by atoms with E-state index < -0.39 is 5.97 Å². The Kier molecular flexibility index (Phi) is 7.50. The van der Waals surface area contributed by atoms with Crippen molar-refractivity contribution in [2.24, 2.45) is 0 Å². The molecular weight excluding hydrogens is 508 g/mol. The van der Waals surface area contributed by atoms with Gasteiger partial charge in [-0.1, -0.05) is 103 Å². The lowest BCUT2D eigenvalue weighted by molar-refractivity contribution is 0.0697. The maximum atomic E-state index is 13.8. The molecule has 5 heteroatoms. The molecular formula is C36H32N2O3. The fourth-order valence-corrected chi connectivity index (χ4v) is 6.01. The van der Waals surface area contributed by atoms with Gasteiger partial charge in [0, 0.05) is 18.3 Å². The van der Waals surface area contributed by atoms with E-state index in [1.165, 1.54) is 16.3 Å². The summed E-state index contributed by atoms with van der Waals surface area (Å²) in [5, 5.41) is 15.6. The number of nitrogens with zero attached hydrogens (tertiary/aromatic N) is 1. The third-order valence-corrected chi connectivity index (χ3v) is 7.98. The minimum atomic E-state index is -0.956. The van der Waals surface area contributed by atoms with Crippen LogP contribution in [0.4, 0.5) is 10.5 Å². The van der Waals surface area contributed by atoms with E-state index in [0.717, 1.165) is 47.2 Å². The SMILES string of the molecule is O=C(O)c1cccc(CC2CCc3ccccc3N2C(=O)NCCc2ccc3ccccc3c2)c1-c1ccccc1. The van der Waals surface area contributed by atoms with Gasteiger partial charge >= 0.3 is 12.0 Å². The lowest BCUT2D eigenvalue weighted by Crippen LogP contribution is -2.50. The molecule has 5 aromatic carbocycles. The summed E-state index contributed by atoms with van der Waals surface area (Å²) in [6, 6.07) is 37.6. The highest BCUT2D eigenvalue weighted by Crippen LogP contribution is 2.35. The molecule has 1 aliphatic rings. The number of carbonyl (C=O) groups excluding carboxylic acids is 1. The Morgan fingerprint density at radius 3 is 2.39 bits per heavy atom. The molecule has 0 spiro atoms. The Hall–Kier alpha value is -4.90. The number of hydrogen-bond acceptors (Lipinski definition) is 2. The highest BCUT2D eigenvalue weighted by atomic mass is 16.4. The van der Waals surface area contributed by atoms with Crippen LogP contribution in [-0.4, -0.2) is 29.7 Å². The van der Waals surface area contributed by atoms with Gasteiger partial charge in [0.15, 0.2) is 0 Å². The lowest BCUT2D eigenvalue weighted by Gasteiger charge is -2.37. The molecule has 2 amide bonds. The second kappa shape index (κ2) is 11.7. The van der Waals surface area contributed by atoms with E-state index >= 15 is 0 Å². The molecule has 1 unspecified atom stereocenters. The van der Waals surface area contributed by atoms with Crippen molar-refractivity contribution in [2.45, 2.75) is 31.7 Å². The number of carboxylic acid groups (broad SMARTS) is 1. The van der Waals surface area contributed by atoms with Gasteiger partial charge < -0.3 is 10.4 Å².